The van der Waals surface area contributed by atoms with Crippen LogP contribution in [0.1, 0.15) is 59.8 Å². The highest BCUT2D eigenvalue weighted by molar-refractivity contribution is 5.93. The third-order valence-electron chi connectivity index (χ3n) is 4.20. The minimum absolute atomic E-state index is 0.00249. The molecule has 2 amide bonds. The van der Waals surface area contributed by atoms with E-state index in [1.807, 2.05) is 18.7 Å². The minimum atomic E-state index is -0.681. The summed E-state index contributed by atoms with van der Waals surface area (Å²) in [6, 6.07) is 0. The lowest BCUT2D eigenvalue weighted by Crippen LogP contribution is -2.56. The minimum Gasteiger partial charge on any atom is -0.342 e. The zero-order valence-electron chi connectivity index (χ0n) is 12.8. The number of rotatable bonds is 6. The van der Waals surface area contributed by atoms with Crippen molar-refractivity contribution in [2.75, 3.05) is 13.1 Å². The maximum atomic E-state index is 12.7. The van der Waals surface area contributed by atoms with Gasteiger partial charge in [0.05, 0.1) is 0 Å². The molecule has 0 aromatic carbocycles. The Kier molecular flexibility index (Phi) is 5.83. The summed E-state index contributed by atoms with van der Waals surface area (Å²) in [7, 11) is 0. The molecule has 1 unspecified atom stereocenters. The van der Waals surface area contributed by atoms with Crippen molar-refractivity contribution in [1.82, 2.24) is 10.2 Å². The summed E-state index contributed by atoms with van der Waals surface area (Å²) < 4.78 is 0. The van der Waals surface area contributed by atoms with E-state index in [4.69, 9.17) is 0 Å². The molecule has 0 bridgehead atoms. The summed E-state index contributed by atoms with van der Waals surface area (Å²) in [5.74, 6) is 0.600. The molecular formula is C15H28N2O2. The first-order chi connectivity index (χ1) is 8.99. The highest BCUT2D eigenvalue weighted by Crippen LogP contribution is 2.23. The summed E-state index contributed by atoms with van der Waals surface area (Å²) in [5.41, 5.74) is -0.681. The number of hydrogen-bond acceptors (Lipinski definition) is 2. The van der Waals surface area contributed by atoms with E-state index in [2.05, 4.69) is 19.2 Å². The Bertz CT molecular complexity index is 324. The molecule has 19 heavy (non-hydrogen) atoms. The summed E-state index contributed by atoms with van der Waals surface area (Å²) >= 11 is 0. The van der Waals surface area contributed by atoms with Crippen molar-refractivity contribution in [3.63, 3.8) is 0 Å². The molecule has 4 heteroatoms. The van der Waals surface area contributed by atoms with Gasteiger partial charge >= 0.3 is 0 Å². The van der Waals surface area contributed by atoms with E-state index in [1.165, 1.54) is 0 Å². The van der Waals surface area contributed by atoms with Crippen LogP contribution in [0.3, 0.4) is 0 Å². The maximum absolute atomic E-state index is 12.7. The molecule has 0 radical (unpaired) electrons. The average Bonchev–Trinajstić information content (AvgIpc) is 2.50. The van der Waals surface area contributed by atoms with Gasteiger partial charge in [0.25, 0.3) is 0 Å². The predicted octanol–water partition coefficient (Wildman–Crippen LogP) is 2.33. The predicted molar refractivity (Wildman–Crippen MR) is 76.7 cm³/mol. The summed E-state index contributed by atoms with van der Waals surface area (Å²) in [5, 5.41) is 2.95. The van der Waals surface area contributed by atoms with E-state index in [1.54, 1.807) is 0 Å². The van der Waals surface area contributed by atoms with Gasteiger partial charge < -0.3 is 10.2 Å². The summed E-state index contributed by atoms with van der Waals surface area (Å²) in [6.45, 7) is 9.61. The van der Waals surface area contributed by atoms with Gasteiger partial charge in [0.15, 0.2) is 0 Å². The van der Waals surface area contributed by atoms with Crippen LogP contribution in [0, 0.1) is 5.92 Å². The molecule has 1 aliphatic rings. The lowest BCUT2D eigenvalue weighted by Gasteiger charge is -2.34. The zero-order valence-corrected chi connectivity index (χ0v) is 12.8. The maximum Gasteiger partial charge on any atom is 0.248 e. The van der Waals surface area contributed by atoms with Crippen molar-refractivity contribution in [1.29, 1.82) is 0 Å². The van der Waals surface area contributed by atoms with E-state index in [0.29, 0.717) is 31.7 Å². The number of amides is 2. The van der Waals surface area contributed by atoms with Gasteiger partial charge in [-0.05, 0) is 25.2 Å². The van der Waals surface area contributed by atoms with Gasteiger partial charge in [-0.15, -0.1) is 0 Å². The molecule has 4 nitrogen and oxygen atoms in total. The normalized spacial score (nSPS) is 20.9. The van der Waals surface area contributed by atoms with Crippen LogP contribution < -0.4 is 5.32 Å². The number of carbonyl (C=O) groups is 2. The van der Waals surface area contributed by atoms with Crippen LogP contribution in [0.15, 0.2) is 0 Å². The summed E-state index contributed by atoms with van der Waals surface area (Å²) in [4.78, 5) is 26.4. The second-order valence-electron chi connectivity index (χ2n) is 5.73. The molecule has 0 aromatic rings. The first-order valence-corrected chi connectivity index (χ1v) is 7.59. The summed E-state index contributed by atoms with van der Waals surface area (Å²) in [6.07, 6.45) is 4.00. The lowest BCUT2D eigenvalue weighted by atomic mass is 9.90. The Morgan fingerprint density at radius 2 is 1.89 bits per heavy atom. The first-order valence-electron chi connectivity index (χ1n) is 7.59. The Morgan fingerprint density at radius 3 is 2.42 bits per heavy atom. The highest BCUT2D eigenvalue weighted by atomic mass is 16.2. The van der Waals surface area contributed by atoms with Crippen molar-refractivity contribution >= 4 is 11.8 Å². The molecule has 0 aliphatic carbocycles. The van der Waals surface area contributed by atoms with E-state index < -0.39 is 5.54 Å². The second kappa shape index (κ2) is 6.92. The molecule has 1 atom stereocenters. The largest absolute Gasteiger partial charge is 0.342 e. The third kappa shape index (κ3) is 3.71. The molecular weight excluding hydrogens is 240 g/mol. The highest BCUT2D eigenvalue weighted by Gasteiger charge is 2.41. The van der Waals surface area contributed by atoms with Gasteiger partial charge in [0.2, 0.25) is 11.8 Å². The standard InChI is InChI=1S/C15H28N2O2/c1-5-8-12(4)11-17-10-9-13(18)16-15(6-2,7-3)14(17)19/h12H,5-11H2,1-4H3,(H,16,18). The zero-order chi connectivity index (χ0) is 14.5. The fourth-order valence-electron chi connectivity index (χ4n) is 2.89. The van der Waals surface area contributed by atoms with Crippen LogP contribution in [0.25, 0.3) is 0 Å². The topological polar surface area (TPSA) is 49.4 Å². The number of carbonyl (C=O) groups excluding carboxylic acids is 2. The van der Waals surface area contributed by atoms with Crippen molar-refractivity contribution < 1.29 is 9.59 Å². The fraction of sp³-hybridized carbons (Fsp3) is 0.867. The van der Waals surface area contributed by atoms with E-state index in [0.717, 1.165) is 19.4 Å². The molecule has 1 N–H and O–H groups in total. The molecule has 1 saturated heterocycles. The first kappa shape index (κ1) is 16.0. The van der Waals surface area contributed by atoms with Gasteiger partial charge in [0.1, 0.15) is 5.54 Å². The number of nitrogens with zero attached hydrogens (tertiary/aromatic N) is 1. The van der Waals surface area contributed by atoms with Crippen molar-refractivity contribution in [2.45, 2.75) is 65.3 Å². The Balaban J connectivity index is 2.86. The number of hydrogen-bond donors (Lipinski definition) is 1. The van der Waals surface area contributed by atoms with Gasteiger partial charge in [0, 0.05) is 19.5 Å². The van der Waals surface area contributed by atoms with E-state index in [-0.39, 0.29) is 11.8 Å². The lowest BCUT2D eigenvalue weighted by molar-refractivity contribution is -0.139. The van der Waals surface area contributed by atoms with Crippen LogP contribution in [0.5, 0.6) is 0 Å². The van der Waals surface area contributed by atoms with Gasteiger partial charge in [-0.2, -0.15) is 0 Å². The molecule has 1 fully saturated rings. The molecule has 1 rings (SSSR count). The smallest absolute Gasteiger partial charge is 0.248 e. The van der Waals surface area contributed by atoms with Gasteiger partial charge in [-0.1, -0.05) is 34.1 Å². The Labute approximate surface area is 116 Å². The second-order valence-corrected chi connectivity index (χ2v) is 5.73. The SMILES string of the molecule is CCCC(C)CN1CCC(=O)NC(CC)(CC)C1=O. The molecule has 0 aromatic heterocycles. The van der Waals surface area contributed by atoms with Crippen molar-refractivity contribution in [3.8, 4) is 0 Å². The number of nitrogens with one attached hydrogen (secondary N) is 1. The van der Waals surface area contributed by atoms with Crippen molar-refractivity contribution in [3.05, 3.63) is 0 Å². The molecule has 1 heterocycles. The molecule has 110 valence electrons. The third-order valence-corrected chi connectivity index (χ3v) is 4.20. The van der Waals surface area contributed by atoms with E-state index >= 15 is 0 Å². The molecule has 0 saturated carbocycles. The average molecular weight is 268 g/mol. The van der Waals surface area contributed by atoms with Crippen LogP contribution in [-0.2, 0) is 9.59 Å². The Hall–Kier alpha value is -1.06. The van der Waals surface area contributed by atoms with Crippen LogP contribution in [0.4, 0.5) is 0 Å². The monoisotopic (exact) mass is 268 g/mol. The van der Waals surface area contributed by atoms with Crippen molar-refractivity contribution in [2.24, 2.45) is 5.92 Å². The van der Waals surface area contributed by atoms with Gasteiger partial charge in [-0.3, -0.25) is 9.59 Å². The van der Waals surface area contributed by atoms with Crippen LogP contribution in [-0.4, -0.2) is 35.3 Å². The van der Waals surface area contributed by atoms with E-state index in [9.17, 15) is 9.59 Å². The van der Waals surface area contributed by atoms with Gasteiger partial charge in [-0.25, -0.2) is 0 Å². The molecule has 1 aliphatic heterocycles. The van der Waals surface area contributed by atoms with Crippen LogP contribution in [0.2, 0.25) is 0 Å². The quantitative estimate of drug-likeness (QED) is 0.804. The van der Waals surface area contributed by atoms with Crippen LogP contribution >= 0.6 is 0 Å². The fourth-order valence-corrected chi connectivity index (χ4v) is 2.89. The Morgan fingerprint density at radius 1 is 1.26 bits per heavy atom. The molecule has 0 spiro atoms.